The van der Waals surface area contributed by atoms with E-state index in [2.05, 4.69) is 17.1 Å². The second-order valence-corrected chi connectivity index (χ2v) is 7.76. The first-order valence-corrected chi connectivity index (χ1v) is 9.10. The smallest absolute Gasteiger partial charge is 0.114 e. The molecule has 110 valence electrons. The van der Waals surface area contributed by atoms with Crippen molar-refractivity contribution in [1.29, 1.82) is 0 Å². The summed E-state index contributed by atoms with van der Waals surface area (Å²) in [7, 11) is 0. The van der Waals surface area contributed by atoms with E-state index in [9.17, 15) is 0 Å². The van der Waals surface area contributed by atoms with Crippen molar-refractivity contribution in [1.82, 2.24) is 15.2 Å². The minimum absolute atomic E-state index is 0.192. The highest BCUT2D eigenvalue weighted by Crippen LogP contribution is 2.45. The second kappa shape index (κ2) is 5.08. The van der Waals surface area contributed by atoms with Gasteiger partial charge < -0.3 is 10.2 Å². The van der Waals surface area contributed by atoms with Crippen molar-refractivity contribution < 1.29 is 0 Å². The molecule has 2 fully saturated rings. The van der Waals surface area contributed by atoms with Crippen LogP contribution in [0.2, 0.25) is 0 Å². The van der Waals surface area contributed by atoms with Crippen molar-refractivity contribution in [3.8, 4) is 0 Å². The first kappa shape index (κ1) is 13.2. The molecule has 3 aliphatic rings. The molecule has 0 radical (unpaired) electrons. The largest absolute Gasteiger partial charge is 0.305 e. The maximum atomic E-state index is 5.09. The Hall–Kier alpha value is -0.450. The van der Waals surface area contributed by atoms with Gasteiger partial charge in [-0.15, -0.1) is 11.3 Å². The molecule has 2 bridgehead atoms. The van der Waals surface area contributed by atoms with Gasteiger partial charge in [0.15, 0.2) is 0 Å². The molecular weight excluding hydrogens is 266 g/mol. The Morgan fingerprint density at radius 2 is 2.35 bits per heavy atom. The predicted molar refractivity (Wildman–Crippen MR) is 83.3 cm³/mol. The van der Waals surface area contributed by atoms with Crippen molar-refractivity contribution in [2.45, 2.75) is 51.0 Å². The van der Waals surface area contributed by atoms with Crippen LogP contribution in [0, 0.1) is 5.92 Å². The molecular formula is C16H25N3S. The molecule has 0 saturated carbocycles. The lowest BCUT2D eigenvalue weighted by Gasteiger charge is -2.42. The highest BCUT2D eigenvalue weighted by Gasteiger charge is 2.49. The van der Waals surface area contributed by atoms with Gasteiger partial charge in [-0.1, -0.05) is 6.92 Å². The summed E-state index contributed by atoms with van der Waals surface area (Å²) in [5, 5.41) is 5.36. The standard InChI is InChI=1S/C16H25N3S/c1-2-8-17-16(7-10-19-9-6-12(16)11-19)15-18-13-4-3-5-14(13)20-15/h12,17H,2-11H2,1H3. The lowest BCUT2D eigenvalue weighted by Crippen LogP contribution is -2.54. The zero-order chi connectivity index (χ0) is 13.6. The van der Waals surface area contributed by atoms with Crippen LogP contribution in [0.25, 0.3) is 0 Å². The third-order valence-electron chi connectivity index (χ3n) is 5.46. The minimum Gasteiger partial charge on any atom is -0.305 e. The van der Waals surface area contributed by atoms with E-state index >= 15 is 0 Å². The first-order chi connectivity index (χ1) is 9.82. The maximum absolute atomic E-state index is 5.09. The van der Waals surface area contributed by atoms with E-state index in [-0.39, 0.29) is 5.54 Å². The molecule has 3 heterocycles. The molecule has 0 aromatic carbocycles. The second-order valence-electron chi connectivity index (χ2n) is 6.68. The summed E-state index contributed by atoms with van der Waals surface area (Å²) in [6.45, 7) is 7.22. The van der Waals surface area contributed by atoms with E-state index in [0.717, 1.165) is 12.5 Å². The van der Waals surface area contributed by atoms with Gasteiger partial charge in [-0.2, -0.15) is 0 Å². The van der Waals surface area contributed by atoms with E-state index in [1.54, 1.807) is 4.88 Å². The molecule has 2 aliphatic heterocycles. The molecule has 2 saturated heterocycles. The fraction of sp³-hybridized carbons (Fsp3) is 0.812. The van der Waals surface area contributed by atoms with Gasteiger partial charge in [0.25, 0.3) is 0 Å². The highest BCUT2D eigenvalue weighted by atomic mass is 32.1. The Morgan fingerprint density at radius 3 is 3.20 bits per heavy atom. The van der Waals surface area contributed by atoms with Crippen molar-refractivity contribution in [2.24, 2.45) is 5.92 Å². The minimum atomic E-state index is 0.192. The summed E-state index contributed by atoms with van der Waals surface area (Å²) in [4.78, 5) is 9.31. The van der Waals surface area contributed by atoms with Gasteiger partial charge in [0.05, 0.1) is 11.2 Å². The van der Waals surface area contributed by atoms with Crippen LogP contribution < -0.4 is 5.32 Å². The topological polar surface area (TPSA) is 28.2 Å². The van der Waals surface area contributed by atoms with Crippen LogP contribution in [-0.2, 0) is 18.4 Å². The SMILES string of the molecule is CCCNC1(c2nc3c(s2)CCC3)CCN2CCC1C2. The Labute approximate surface area is 125 Å². The first-order valence-electron chi connectivity index (χ1n) is 8.28. The Balaban J connectivity index is 1.70. The lowest BCUT2D eigenvalue weighted by atomic mass is 9.79. The average Bonchev–Trinajstić information content (AvgIpc) is 3.13. The number of hydrogen-bond acceptors (Lipinski definition) is 4. The number of piperidine rings is 1. The predicted octanol–water partition coefficient (Wildman–Crippen LogP) is 2.55. The number of nitrogens with zero attached hydrogens (tertiary/aromatic N) is 2. The Morgan fingerprint density at radius 1 is 1.40 bits per heavy atom. The van der Waals surface area contributed by atoms with Crippen LogP contribution in [-0.4, -0.2) is 36.1 Å². The highest BCUT2D eigenvalue weighted by molar-refractivity contribution is 7.12. The van der Waals surface area contributed by atoms with Gasteiger partial charge in [-0.25, -0.2) is 4.98 Å². The van der Waals surface area contributed by atoms with Crippen molar-refractivity contribution in [2.75, 3.05) is 26.2 Å². The summed E-state index contributed by atoms with van der Waals surface area (Å²) in [6, 6.07) is 0. The van der Waals surface area contributed by atoms with Crippen molar-refractivity contribution in [3.63, 3.8) is 0 Å². The molecule has 1 N–H and O–H groups in total. The number of thiazole rings is 1. The third kappa shape index (κ3) is 1.96. The van der Waals surface area contributed by atoms with E-state index in [1.807, 2.05) is 11.3 Å². The molecule has 3 unspecified atom stereocenters. The van der Waals surface area contributed by atoms with Crippen LogP contribution in [0.4, 0.5) is 0 Å². The third-order valence-corrected chi connectivity index (χ3v) is 6.79. The number of aryl methyl sites for hydroxylation is 2. The molecule has 3 atom stereocenters. The number of nitrogens with one attached hydrogen (secondary N) is 1. The summed E-state index contributed by atoms with van der Waals surface area (Å²) in [6.07, 6.45) is 7.62. The van der Waals surface area contributed by atoms with Gasteiger partial charge in [-0.3, -0.25) is 0 Å². The molecule has 4 rings (SSSR count). The lowest BCUT2D eigenvalue weighted by molar-refractivity contribution is 0.129. The van der Waals surface area contributed by atoms with E-state index in [1.165, 1.54) is 68.9 Å². The van der Waals surface area contributed by atoms with Gasteiger partial charge in [-0.05, 0) is 57.5 Å². The molecule has 3 nitrogen and oxygen atoms in total. The van der Waals surface area contributed by atoms with Gasteiger partial charge in [0.2, 0.25) is 0 Å². The fourth-order valence-corrected chi connectivity index (χ4v) is 5.72. The average molecular weight is 291 g/mol. The molecule has 0 amide bonds. The fourth-order valence-electron chi connectivity index (χ4n) is 4.30. The summed E-state index contributed by atoms with van der Waals surface area (Å²) in [5.41, 5.74) is 1.61. The van der Waals surface area contributed by atoms with Crippen LogP contribution in [0.3, 0.4) is 0 Å². The van der Waals surface area contributed by atoms with Crippen LogP contribution in [0.15, 0.2) is 0 Å². The quantitative estimate of drug-likeness (QED) is 0.924. The van der Waals surface area contributed by atoms with Crippen molar-refractivity contribution >= 4 is 11.3 Å². The maximum Gasteiger partial charge on any atom is 0.114 e. The monoisotopic (exact) mass is 291 g/mol. The molecule has 1 aromatic heterocycles. The van der Waals surface area contributed by atoms with Crippen LogP contribution >= 0.6 is 11.3 Å². The van der Waals surface area contributed by atoms with E-state index in [0.29, 0.717) is 0 Å². The number of rotatable bonds is 4. The normalized spacial score (nSPS) is 35.5. The molecule has 0 spiro atoms. The van der Waals surface area contributed by atoms with E-state index in [4.69, 9.17) is 4.98 Å². The van der Waals surface area contributed by atoms with Crippen LogP contribution in [0.1, 0.15) is 48.2 Å². The molecule has 4 heteroatoms. The van der Waals surface area contributed by atoms with Crippen molar-refractivity contribution in [3.05, 3.63) is 15.6 Å². The van der Waals surface area contributed by atoms with Gasteiger partial charge in [0.1, 0.15) is 5.01 Å². The summed E-state index contributed by atoms with van der Waals surface area (Å²) < 4.78 is 0. The molecule has 1 aromatic rings. The molecule has 20 heavy (non-hydrogen) atoms. The van der Waals surface area contributed by atoms with Gasteiger partial charge >= 0.3 is 0 Å². The van der Waals surface area contributed by atoms with E-state index < -0.39 is 0 Å². The number of fused-ring (bicyclic) bond motifs is 3. The van der Waals surface area contributed by atoms with Crippen LogP contribution in [0.5, 0.6) is 0 Å². The van der Waals surface area contributed by atoms with Gasteiger partial charge in [0, 0.05) is 18.0 Å². The Bertz CT molecular complexity index is 476. The summed E-state index contributed by atoms with van der Waals surface area (Å²) in [5.74, 6) is 0.772. The zero-order valence-corrected chi connectivity index (χ0v) is 13.3. The number of hydrogen-bond donors (Lipinski definition) is 1. The summed E-state index contributed by atoms with van der Waals surface area (Å²) >= 11 is 2.02. The Kier molecular flexibility index (Phi) is 3.36. The molecule has 1 aliphatic carbocycles. The number of aromatic nitrogens is 1. The zero-order valence-electron chi connectivity index (χ0n) is 12.5.